The maximum Gasteiger partial charge on any atom is 0.243 e. The summed E-state index contributed by atoms with van der Waals surface area (Å²) >= 11 is 1.55. The third-order valence-corrected chi connectivity index (χ3v) is 5.76. The Balaban J connectivity index is 0.00000200. The molecule has 1 aliphatic rings. The van der Waals surface area contributed by atoms with Crippen LogP contribution < -0.4 is 5.32 Å². The first-order valence-corrected chi connectivity index (χ1v) is 9.00. The average Bonchev–Trinajstić information content (AvgIpc) is 2.37. The van der Waals surface area contributed by atoms with Gasteiger partial charge in [-0.1, -0.05) is 6.07 Å². The minimum absolute atomic E-state index is 0. The van der Waals surface area contributed by atoms with Gasteiger partial charge in [0, 0.05) is 30.1 Å². The number of hydrogen-bond acceptors (Lipinski definition) is 4. The zero-order chi connectivity index (χ0) is 14.0. The number of nitrogens with zero attached hydrogens (tertiary/aromatic N) is 1. The largest absolute Gasteiger partial charge is 0.309 e. The lowest BCUT2D eigenvalue weighted by molar-refractivity contribution is 0.263. The fourth-order valence-corrected chi connectivity index (χ4v) is 4.58. The lowest BCUT2D eigenvalue weighted by atomic mass is 10.2. The maximum absolute atomic E-state index is 12.6. The summed E-state index contributed by atoms with van der Waals surface area (Å²) in [5.74, 6) is 0. The normalized spacial score (nSPS) is 24.1. The molecule has 0 radical (unpaired) electrons. The molecule has 1 heterocycles. The van der Waals surface area contributed by atoms with Gasteiger partial charge in [0.1, 0.15) is 0 Å². The van der Waals surface area contributed by atoms with Gasteiger partial charge in [0.15, 0.2) is 0 Å². The summed E-state index contributed by atoms with van der Waals surface area (Å²) < 4.78 is 26.9. The zero-order valence-corrected chi connectivity index (χ0v) is 14.3. The van der Waals surface area contributed by atoms with Crippen molar-refractivity contribution in [3.05, 3.63) is 24.3 Å². The van der Waals surface area contributed by atoms with Crippen LogP contribution >= 0.6 is 24.2 Å². The molecule has 4 nitrogen and oxygen atoms in total. The molecule has 114 valence electrons. The predicted octanol–water partition coefficient (Wildman–Crippen LogP) is 2.20. The number of thioether (sulfide) groups is 1. The molecule has 1 aliphatic heterocycles. The molecule has 0 amide bonds. The topological polar surface area (TPSA) is 49.4 Å². The molecule has 0 saturated carbocycles. The van der Waals surface area contributed by atoms with Crippen molar-refractivity contribution in [1.82, 2.24) is 9.62 Å². The van der Waals surface area contributed by atoms with Gasteiger partial charge in [-0.25, -0.2) is 8.42 Å². The highest BCUT2D eigenvalue weighted by Gasteiger charge is 2.31. The lowest BCUT2D eigenvalue weighted by Gasteiger charge is -2.35. The predicted molar refractivity (Wildman–Crippen MR) is 86.3 cm³/mol. The molecule has 2 atom stereocenters. The number of sulfonamides is 1. The molecule has 0 aromatic heterocycles. The van der Waals surface area contributed by atoms with Crippen LogP contribution in [0.1, 0.15) is 13.8 Å². The summed E-state index contributed by atoms with van der Waals surface area (Å²) in [5, 5.41) is 3.35. The van der Waals surface area contributed by atoms with Crippen LogP contribution in [0.15, 0.2) is 34.1 Å². The van der Waals surface area contributed by atoms with Gasteiger partial charge >= 0.3 is 0 Å². The zero-order valence-electron chi connectivity index (χ0n) is 11.9. The van der Waals surface area contributed by atoms with E-state index in [0.29, 0.717) is 18.0 Å². The molecule has 0 aliphatic carbocycles. The van der Waals surface area contributed by atoms with E-state index in [1.54, 1.807) is 34.3 Å². The summed E-state index contributed by atoms with van der Waals surface area (Å²) in [6.45, 7) is 5.07. The van der Waals surface area contributed by atoms with Crippen molar-refractivity contribution in [2.75, 3.05) is 19.3 Å². The van der Waals surface area contributed by atoms with E-state index in [2.05, 4.69) is 5.32 Å². The van der Waals surface area contributed by atoms with Crippen LogP contribution in [0.4, 0.5) is 0 Å². The second kappa shape index (κ2) is 7.13. The van der Waals surface area contributed by atoms with Crippen LogP contribution in [-0.4, -0.2) is 44.2 Å². The fraction of sp³-hybridized carbons (Fsp3) is 0.538. The van der Waals surface area contributed by atoms with Gasteiger partial charge in [0.05, 0.1) is 4.90 Å². The van der Waals surface area contributed by atoms with E-state index in [0.717, 1.165) is 4.90 Å². The highest BCUT2D eigenvalue weighted by Crippen LogP contribution is 2.23. The Hall–Kier alpha value is -0.270. The average molecular weight is 337 g/mol. The van der Waals surface area contributed by atoms with Gasteiger partial charge in [-0.2, -0.15) is 4.31 Å². The van der Waals surface area contributed by atoms with E-state index in [4.69, 9.17) is 0 Å². The first kappa shape index (κ1) is 17.8. The van der Waals surface area contributed by atoms with E-state index >= 15 is 0 Å². The van der Waals surface area contributed by atoms with Crippen molar-refractivity contribution in [2.45, 2.75) is 35.7 Å². The molecule has 1 aromatic carbocycles. The monoisotopic (exact) mass is 336 g/mol. The van der Waals surface area contributed by atoms with Crippen molar-refractivity contribution in [1.29, 1.82) is 0 Å². The molecule has 1 fully saturated rings. The molecule has 2 unspecified atom stereocenters. The molecule has 2 rings (SSSR count). The number of rotatable bonds is 3. The van der Waals surface area contributed by atoms with Gasteiger partial charge in [-0.05, 0) is 38.3 Å². The summed E-state index contributed by atoms with van der Waals surface area (Å²) in [5.41, 5.74) is 0. The molecule has 1 saturated heterocycles. The van der Waals surface area contributed by atoms with Crippen molar-refractivity contribution in [3.8, 4) is 0 Å². The van der Waals surface area contributed by atoms with Crippen LogP contribution in [0.25, 0.3) is 0 Å². The molecular formula is C13H21ClN2O2S2. The van der Waals surface area contributed by atoms with E-state index in [-0.39, 0.29) is 24.5 Å². The molecule has 7 heteroatoms. The second-order valence-electron chi connectivity index (χ2n) is 4.97. The van der Waals surface area contributed by atoms with Crippen LogP contribution in [0.5, 0.6) is 0 Å². The number of halogens is 1. The molecule has 0 bridgehead atoms. The smallest absolute Gasteiger partial charge is 0.243 e. The molecular weight excluding hydrogens is 316 g/mol. The Morgan fingerprint density at radius 1 is 1.25 bits per heavy atom. The summed E-state index contributed by atoms with van der Waals surface area (Å²) in [4.78, 5) is 1.36. The van der Waals surface area contributed by atoms with Gasteiger partial charge in [0.25, 0.3) is 0 Å². The third-order valence-electron chi connectivity index (χ3n) is 3.20. The van der Waals surface area contributed by atoms with Crippen molar-refractivity contribution >= 4 is 34.2 Å². The maximum atomic E-state index is 12.6. The number of hydrogen-bond donors (Lipinski definition) is 1. The third kappa shape index (κ3) is 3.89. The summed E-state index contributed by atoms with van der Waals surface area (Å²) in [7, 11) is -3.38. The Morgan fingerprint density at radius 3 is 2.40 bits per heavy atom. The highest BCUT2D eigenvalue weighted by atomic mass is 35.5. The Labute approximate surface area is 131 Å². The number of piperazine rings is 1. The van der Waals surface area contributed by atoms with E-state index in [1.807, 2.05) is 26.2 Å². The van der Waals surface area contributed by atoms with Gasteiger partial charge < -0.3 is 5.32 Å². The molecule has 0 spiro atoms. The van der Waals surface area contributed by atoms with Crippen molar-refractivity contribution in [3.63, 3.8) is 0 Å². The van der Waals surface area contributed by atoms with Crippen molar-refractivity contribution in [2.24, 2.45) is 0 Å². The van der Waals surface area contributed by atoms with Gasteiger partial charge in [-0.15, -0.1) is 24.2 Å². The minimum Gasteiger partial charge on any atom is -0.309 e. The Bertz CT molecular complexity index is 541. The molecule has 1 N–H and O–H groups in total. The van der Waals surface area contributed by atoms with Crippen LogP contribution in [0, 0.1) is 0 Å². The fourth-order valence-electron chi connectivity index (χ4n) is 2.38. The van der Waals surface area contributed by atoms with Crippen LogP contribution in [0.3, 0.4) is 0 Å². The van der Waals surface area contributed by atoms with Gasteiger partial charge in [-0.3, -0.25) is 0 Å². The summed E-state index contributed by atoms with van der Waals surface area (Å²) in [6.07, 6.45) is 1.95. The Kier molecular flexibility index (Phi) is 6.34. The van der Waals surface area contributed by atoms with E-state index in [9.17, 15) is 8.42 Å². The number of nitrogens with one attached hydrogen (secondary N) is 1. The highest BCUT2D eigenvalue weighted by molar-refractivity contribution is 7.98. The van der Waals surface area contributed by atoms with Crippen LogP contribution in [0.2, 0.25) is 0 Å². The lowest BCUT2D eigenvalue weighted by Crippen LogP contribution is -2.55. The summed E-state index contributed by atoms with van der Waals surface area (Å²) in [6, 6.07) is 7.51. The van der Waals surface area contributed by atoms with Crippen LogP contribution in [-0.2, 0) is 10.0 Å². The minimum atomic E-state index is -3.38. The standard InChI is InChI=1S/C13H20N2O2S2.ClH/c1-10-8-15(9-11(2)14-10)19(16,17)13-6-4-5-12(7-13)18-3;/h4-7,10-11,14H,8-9H2,1-3H3;1H. The first-order chi connectivity index (χ1) is 8.93. The second-order valence-corrected chi connectivity index (χ2v) is 7.79. The quantitative estimate of drug-likeness (QED) is 0.860. The first-order valence-electron chi connectivity index (χ1n) is 6.33. The van der Waals surface area contributed by atoms with E-state index in [1.165, 1.54) is 0 Å². The number of benzene rings is 1. The van der Waals surface area contributed by atoms with Gasteiger partial charge in [0.2, 0.25) is 10.0 Å². The molecule has 20 heavy (non-hydrogen) atoms. The SMILES string of the molecule is CSc1cccc(S(=O)(=O)N2CC(C)NC(C)C2)c1.Cl. The van der Waals surface area contributed by atoms with Crippen molar-refractivity contribution < 1.29 is 8.42 Å². The Morgan fingerprint density at radius 2 is 1.85 bits per heavy atom. The van der Waals surface area contributed by atoms with E-state index < -0.39 is 10.0 Å². The molecule has 1 aromatic rings.